The Morgan fingerprint density at radius 2 is 2.09 bits per heavy atom. The van der Waals surface area contributed by atoms with Crippen molar-refractivity contribution in [3.63, 3.8) is 0 Å². The minimum atomic E-state index is 0.396. The van der Waals surface area contributed by atoms with Crippen molar-refractivity contribution in [3.8, 4) is 0 Å². The fourth-order valence-corrected chi connectivity index (χ4v) is 4.03. The summed E-state index contributed by atoms with van der Waals surface area (Å²) >= 11 is 1.77. The molecule has 1 saturated heterocycles. The zero-order valence-electron chi connectivity index (χ0n) is 12.8. The summed E-state index contributed by atoms with van der Waals surface area (Å²) in [6.45, 7) is 2.16. The van der Waals surface area contributed by atoms with Crippen LogP contribution in [0.25, 0.3) is 0 Å². The van der Waals surface area contributed by atoms with E-state index in [0.717, 1.165) is 31.2 Å². The molecule has 0 amide bonds. The van der Waals surface area contributed by atoms with Gasteiger partial charge in [-0.1, -0.05) is 0 Å². The third kappa shape index (κ3) is 2.98. The van der Waals surface area contributed by atoms with E-state index < -0.39 is 0 Å². The maximum Gasteiger partial charge on any atom is 0.223 e. The second-order valence-electron chi connectivity index (χ2n) is 6.36. The molecule has 2 aromatic heterocycles. The number of nitrogens with one attached hydrogen (secondary N) is 1. The van der Waals surface area contributed by atoms with Gasteiger partial charge in [-0.25, -0.2) is 15.0 Å². The zero-order chi connectivity index (χ0) is 14.9. The van der Waals surface area contributed by atoms with Crippen LogP contribution in [0.5, 0.6) is 0 Å². The summed E-state index contributed by atoms with van der Waals surface area (Å²) in [5.41, 5.74) is 1.14. The molecule has 116 valence electrons. The summed E-state index contributed by atoms with van der Waals surface area (Å²) in [4.78, 5) is 16.1. The number of aromatic nitrogens is 3. The first-order valence-electron chi connectivity index (χ1n) is 7.97. The van der Waals surface area contributed by atoms with Gasteiger partial charge in [-0.2, -0.15) is 0 Å². The quantitative estimate of drug-likeness (QED) is 0.940. The fraction of sp³-hybridized carbons (Fsp3) is 0.562. The van der Waals surface area contributed by atoms with Crippen LogP contribution in [0.2, 0.25) is 0 Å². The van der Waals surface area contributed by atoms with E-state index >= 15 is 0 Å². The third-order valence-corrected chi connectivity index (χ3v) is 5.46. The lowest BCUT2D eigenvalue weighted by Gasteiger charge is -2.35. The number of likely N-dealkylation sites (tertiary alicyclic amines) is 1. The molecule has 2 aromatic rings. The smallest absolute Gasteiger partial charge is 0.223 e. The van der Waals surface area contributed by atoms with E-state index in [9.17, 15) is 0 Å². The van der Waals surface area contributed by atoms with E-state index in [1.165, 1.54) is 17.8 Å². The molecule has 0 radical (unpaired) electrons. The van der Waals surface area contributed by atoms with E-state index in [1.54, 1.807) is 11.3 Å². The molecule has 0 aromatic carbocycles. The molecule has 6 heteroatoms. The van der Waals surface area contributed by atoms with Crippen LogP contribution < -0.4 is 5.32 Å². The van der Waals surface area contributed by atoms with E-state index in [2.05, 4.69) is 38.7 Å². The van der Waals surface area contributed by atoms with Crippen molar-refractivity contribution in [1.29, 1.82) is 0 Å². The topological polar surface area (TPSA) is 53.9 Å². The molecule has 1 aliphatic heterocycles. The number of hydrogen-bond acceptors (Lipinski definition) is 6. The molecule has 2 fully saturated rings. The van der Waals surface area contributed by atoms with Crippen molar-refractivity contribution < 1.29 is 0 Å². The second kappa shape index (κ2) is 5.93. The Morgan fingerprint density at radius 3 is 2.86 bits per heavy atom. The van der Waals surface area contributed by atoms with Crippen LogP contribution >= 0.6 is 11.3 Å². The van der Waals surface area contributed by atoms with Gasteiger partial charge in [-0.05, 0) is 38.9 Å². The molecular weight excluding hydrogens is 294 g/mol. The van der Waals surface area contributed by atoms with Crippen molar-refractivity contribution in [2.24, 2.45) is 0 Å². The van der Waals surface area contributed by atoms with Gasteiger partial charge in [0, 0.05) is 42.2 Å². The minimum absolute atomic E-state index is 0.396. The van der Waals surface area contributed by atoms with Crippen LogP contribution in [0.3, 0.4) is 0 Å². The van der Waals surface area contributed by atoms with Crippen molar-refractivity contribution >= 4 is 17.3 Å². The first-order chi connectivity index (χ1) is 10.8. The maximum atomic E-state index is 4.80. The third-order valence-electron chi connectivity index (χ3n) is 4.55. The molecule has 22 heavy (non-hydrogen) atoms. The number of nitrogens with zero attached hydrogens (tertiary/aromatic N) is 4. The zero-order valence-corrected chi connectivity index (χ0v) is 13.6. The number of rotatable bonds is 4. The molecule has 2 atom stereocenters. The fourth-order valence-electron chi connectivity index (χ4n) is 3.19. The second-order valence-corrected chi connectivity index (χ2v) is 7.28. The van der Waals surface area contributed by atoms with Gasteiger partial charge in [-0.3, -0.25) is 0 Å². The molecule has 2 aliphatic rings. The Bertz CT molecular complexity index is 625. The summed E-state index contributed by atoms with van der Waals surface area (Å²) in [5, 5.41) is 6.73. The van der Waals surface area contributed by atoms with Crippen LogP contribution in [-0.2, 0) is 0 Å². The van der Waals surface area contributed by atoms with Crippen LogP contribution in [0.4, 0.5) is 5.95 Å². The van der Waals surface area contributed by atoms with Gasteiger partial charge in [-0.15, -0.1) is 11.3 Å². The van der Waals surface area contributed by atoms with Crippen LogP contribution in [0.1, 0.15) is 41.8 Å². The van der Waals surface area contributed by atoms with Crippen molar-refractivity contribution in [1.82, 2.24) is 19.9 Å². The lowest BCUT2D eigenvalue weighted by molar-refractivity contribution is 0.224. The molecule has 1 N–H and O–H groups in total. The van der Waals surface area contributed by atoms with E-state index in [-0.39, 0.29) is 0 Å². The van der Waals surface area contributed by atoms with Crippen LogP contribution in [0.15, 0.2) is 23.8 Å². The van der Waals surface area contributed by atoms with Gasteiger partial charge in [0.1, 0.15) is 0 Å². The van der Waals surface area contributed by atoms with Gasteiger partial charge >= 0.3 is 0 Å². The highest BCUT2D eigenvalue weighted by atomic mass is 32.1. The average Bonchev–Trinajstić information content (AvgIpc) is 3.17. The van der Waals surface area contributed by atoms with Gasteiger partial charge in [0.2, 0.25) is 5.95 Å². The highest BCUT2D eigenvalue weighted by Gasteiger charge is 2.33. The molecule has 4 rings (SSSR count). The monoisotopic (exact) mass is 315 g/mol. The average molecular weight is 315 g/mol. The Balaban J connectivity index is 1.61. The first-order valence-corrected chi connectivity index (χ1v) is 8.85. The standard InChI is InChI=1S/C16H21N5S/c1-21-8-5-12(15-17-7-9-22-15)13(10-21)14-4-6-18-16(20-14)19-11-2-3-11/h4,6-7,9,11-13H,2-3,5,8,10H2,1H3,(H,18,19,20). The minimum Gasteiger partial charge on any atom is -0.351 e. The summed E-state index contributed by atoms with van der Waals surface area (Å²) in [6, 6.07) is 2.65. The number of anilines is 1. The molecule has 5 nitrogen and oxygen atoms in total. The Labute approximate surface area is 134 Å². The summed E-state index contributed by atoms with van der Waals surface area (Å²) < 4.78 is 0. The summed E-state index contributed by atoms with van der Waals surface area (Å²) in [6.07, 6.45) is 7.42. The maximum absolute atomic E-state index is 4.80. The van der Waals surface area contributed by atoms with Gasteiger partial charge < -0.3 is 10.2 Å². The Kier molecular flexibility index (Phi) is 3.80. The normalized spacial score (nSPS) is 26.0. The van der Waals surface area contributed by atoms with Crippen molar-refractivity contribution in [2.75, 3.05) is 25.5 Å². The van der Waals surface area contributed by atoms with E-state index in [0.29, 0.717) is 17.9 Å². The number of piperidine rings is 1. The lowest BCUT2D eigenvalue weighted by Crippen LogP contribution is -2.36. The van der Waals surface area contributed by atoms with Crippen molar-refractivity contribution in [2.45, 2.75) is 37.1 Å². The van der Waals surface area contributed by atoms with Crippen LogP contribution in [-0.4, -0.2) is 46.0 Å². The molecule has 0 spiro atoms. The largest absolute Gasteiger partial charge is 0.351 e. The number of likely N-dealkylation sites (N-methyl/N-ethyl adjacent to an activating group) is 1. The van der Waals surface area contributed by atoms with Gasteiger partial charge in [0.15, 0.2) is 0 Å². The predicted molar refractivity (Wildman–Crippen MR) is 88.4 cm³/mol. The number of hydrogen-bond donors (Lipinski definition) is 1. The van der Waals surface area contributed by atoms with E-state index in [4.69, 9.17) is 4.98 Å². The SMILES string of the molecule is CN1CCC(c2nccs2)C(c2ccnc(NC3CC3)n2)C1. The summed E-state index contributed by atoms with van der Waals surface area (Å²) in [5.74, 6) is 1.65. The number of thiazole rings is 1. The molecule has 1 saturated carbocycles. The predicted octanol–water partition coefficient (Wildman–Crippen LogP) is 2.71. The van der Waals surface area contributed by atoms with Crippen LogP contribution in [0, 0.1) is 0 Å². The van der Waals surface area contributed by atoms with Crippen molar-refractivity contribution in [3.05, 3.63) is 34.5 Å². The van der Waals surface area contributed by atoms with Gasteiger partial charge in [0.05, 0.1) is 10.7 Å². The first kappa shape index (κ1) is 14.1. The highest BCUT2D eigenvalue weighted by Crippen LogP contribution is 2.39. The molecular formula is C16H21N5S. The molecule has 3 heterocycles. The summed E-state index contributed by atoms with van der Waals surface area (Å²) in [7, 11) is 2.19. The molecule has 1 aliphatic carbocycles. The van der Waals surface area contributed by atoms with E-state index in [1.807, 2.05) is 12.4 Å². The van der Waals surface area contributed by atoms with Gasteiger partial charge in [0.25, 0.3) is 0 Å². The molecule has 2 unspecified atom stereocenters. The molecule has 0 bridgehead atoms. The lowest BCUT2D eigenvalue weighted by atomic mass is 9.83. The Hall–Kier alpha value is -1.53. The highest BCUT2D eigenvalue weighted by molar-refractivity contribution is 7.09. The Morgan fingerprint density at radius 1 is 1.18 bits per heavy atom.